The van der Waals surface area contributed by atoms with Crippen LogP contribution in [0.1, 0.15) is 0 Å². The van der Waals surface area contributed by atoms with Crippen molar-refractivity contribution in [2.45, 2.75) is 0 Å². The van der Waals surface area contributed by atoms with Crippen molar-refractivity contribution >= 4 is 60.5 Å². The Kier molecular flexibility index (Phi) is 4.87. The number of nitrogens with zero attached hydrogens (tertiary/aromatic N) is 1. The van der Waals surface area contributed by atoms with Gasteiger partial charge in [0, 0.05) is 26.0 Å². The molecule has 22 heavy (non-hydrogen) atoms. The van der Waals surface area contributed by atoms with Gasteiger partial charge >= 0.3 is 0 Å². The van der Waals surface area contributed by atoms with Crippen molar-refractivity contribution < 1.29 is 0 Å². The first-order valence-corrected chi connectivity index (χ1v) is 8.68. The Balaban J connectivity index is 2.19. The van der Waals surface area contributed by atoms with E-state index in [0.29, 0.717) is 5.02 Å². The third-order valence-corrected chi connectivity index (χ3v) is 5.37. The fourth-order valence-electron chi connectivity index (χ4n) is 2.27. The van der Waals surface area contributed by atoms with E-state index in [1.165, 1.54) is 0 Å². The third kappa shape index (κ3) is 3.22. The molecule has 0 bridgehead atoms. The van der Waals surface area contributed by atoms with E-state index >= 15 is 0 Å². The minimum atomic E-state index is 0.671. The topological polar surface area (TPSA) is 3.24 Å². The summed E-state index contributed by atoms with van der Waals surface area (Å²) in [5, 5.41) is 0.671. The SMILES string of the molecule is Clc1c(Br)cc(N(c2ccccc2)c2ccccc2)cc1Br. The van der Waals surface area contributed by atoms with Gasteiger partial charge in [-0.15, -0.1) is 0 Å². The molecule has 3 rings (SSSR count). The Morgan fingerprint density at radius 3 is 1.45 bits per heavy atom. The highest BCUT2D eigenvalue weighted by molar-refractivity contribution is 9.11. The van der Waals surface area contributed by atoms with Crippen LogP contribution in [0, 0.1) is 0 Å². The normalized spacial score (nSPS) is 10.5. The summed E-state index contributed by atoms with van der Waals surface area (Å²) in [4.78, 5) is 2.19. The van der Waals surface area contributed by atoms with Crippen LogP contribution in [0.25, 0.3) is 0 Å². The van der Waals surface area contributed by atoms with Gasteiger partial charge in [0.2, 0.25) is 0 Å². The Hall–Kier alpha value is -1.29. The van der Waals surface area contributed by atoms with Gasteiger partial charge in [0.25, 0.3) is 0 Å². The van der Waals surface area contributed by atoms with Gasteiger partial charge in [-0.3, -0.25) is 0 Å². The van der Waals surface area contributed by atoms with Crippen LogP contribution in [0.15, 0.2) is 81.7 Å². The number of halogens is 3. The molecule has 0 saturated carbocycles. The van der Waals surface area contributed by atoms with Gasteiger partial charge in [-0.1, -0.05) is 48.0 Å². The molecule has 4 heteroatoms. The summed E-state index contributed by atoms with van der Waals surface area (Å²) in [7, 11) is 0. The van der Waals surface area contributed by atoms with E-state index in [4.69, 9.17) is 11.6 Å². The van der Waals surface area contributed by atoms with Crippen LogP contribution in [0.5, 0.6) is 0 Å². The highest BCUT2D eigenvalue weighted by Gasteiger charge is 2.14. The van der Waals surface area contributed by atoms with Gasteiger partial charge in [-0.25, -0.2) is 0 Å². The molecule has 1 nitrogen and oxygen atoms in total. The minimum absolute atomic E-state index is 0.671. The molecular weight excluding hydrogens is 425 g/mol. The lowest BCUT2D eigenvalue weighted by atomic mass is 10.2. The summed E-state index contributed by atoms with van der Waals surface area (Å²) in [6.45, 7) is 0. The largest absolute Gasteiger partial charge is 0.310 e. The van der Waals surface area contributed by atoms with Crippen molar-refractivity contribution in [2.24, 2.45) is 0 Å². The van der Waals surface area contributed by atoms with Crippen molar-refractivity contribution in [1.29, 1.82) is 0 Å². The highest BCUT2D eigenvalue weighted by atomic mass is 79.9. The van der Waals surface area contributed by atoms with Crippen molar-refractivity contribution in [3.05, 3.63) is 86.8 Å². The summed E-state index contributed by atoms with van der Waals surface area (Å²) in [5.74, 6) is 0. The Bertz CT molecular complexity index is 713. The molecule has 0 amide bonds. The molecular formula is C18H12Br2ClN. The van der Waals surface area contributed by atoms with E-state index in [9.17, 15) is 0 Å². The predicted molar refractivity (Wildman–Crippen MR) is 102 cm³/mol. The Morgan fingerprint density at radius 1 is 0.636 bits per heavy atom. The van der Waals surface area contributed by atoms with Crippen molar-refractivity contribution in [2.75, 3.05) is 4.90 Å². The maximum absolute atomic E-state index is 6.23. The molecule has 0 unspecified atom stereocenters. The van der Waals surface area contributed by atoms with Crippen LogP contribution in [0.3, 0.4) is 0 Å². The molecule has 0 aromatic heterocycles. The average Bonchev–Trinajstić information content (AvgIpc) is 2.55. The van der Waals surface area contributed by atoms with Gasteiger partial charge in [-0.05, 0) is 68.3 Å². The number of hydrogen-bond donors (Lipinski definition) is 0. The fraction of sp³-hybridized carbons (Fsp3) is 0. The second-order valence-electron chi connectivity index (χ2n) is 4.73. The molecule has 0 aliphatic rings. The monoisotopic (exact) mass is 435 g/mol. The van der Waals surface area contributed by atoms with E-state index < -0.39 is 0 Å². The summed E-state index contributed by atoms with van der Waals surface area (Å²) in [5.41, 5.74) is 3.21. The van der Waals surface area contributed by atoms with Crippen LogP contribution in [-0.4, -0.2) is 0 Å². The van der Waals surface area contributed by atoms with E-state index in [1.54, 1.807) is 0 Å². The molecule has 3 aromatic carbocycles. The molecule has 0 aliphatic heterocycles. The number of rotatable bonds is 3. The number of hydrogen-bond acceptors (Lipinski definition) is 1. The summed E-state index contributed by atoms with van der Waals surface area (Å²) < 4.78 is 1.71. The van der Waals surface area contributed by atoms with Crippen LogP contribution in [0.4, 0.5) is 17.1 Å². The van der Waals surface area contributed by atoms with Crippen molar-refractivity contribution in [3.63, 3.8) is 0 Å². The fourth-order valence-corrected chi connectivity index (χ4v) is 3.54. The molecule has 0 spiro atoms. The second kappa shape index (κ2) is 6.86. The maximum Gasteiger partial charge on any atom is 0.0691 e. The standard InChI is InChI=1S/C18H12Br2ClN/c19-16-11-15(12-17(20)18(16)21)22(13-7-3-1-4-8-13)14-9-5-2-6-10-14/h1-12H. The molecule has 0 aliphatic carbocycles. The van der Waals surface area contributed by atoms with Crippen molar-refractivity contribution in [3.8, 4) is 0 Å². The minimum Gasteiger partial charge on any atom is -0.310 e. The zero-order chi connectivity index (χ0) is 15.5. The maximum atomic E-state index is 6.23. The molecule has 0 saturated heterocycles. The zero-order valence-corrected chi connectivity index (χ0v) is 15.4. The predicted octanol–water partition coefficient (Wildman–Crippen LogP) is 7.33. The van der Waals surface area contributed by atoms with Crippen molar-refractivity contribution in [1.82, 2.24) is 0 Å². The van der Waals surface area contributed by atoms with Gasteiger partial charge in [0.05, 0.1) is 5.02 Å². The Labute approximate surface area is 151 Å². The van der Waals surface area contributed by atoms with Crippen LogP contribution in [-0.2, 0) is 0 Å². The Morgan fingerprint density at radius 2 is 1.05 bits per heavy atom. The first-order chi connectivity index (χ1) is 10.7. The van der Waals surface area contributed by atoms with E-state index in [0.717, 1.165) is 26.0 Å². The summed E-state index contributed by atoms with van der Waals surface area (Å²) in [6, 6.07) is 24.5. The first kappa shape index (κ1) is 15.6. The molecule has 3 aromatic rings. The molecule has 0 N–H and O–H groups in total. The lowest BCUT2D eigenvalue weighted by molar-refractivity contribution is 1.28. The first-order valence-electron chi connectivity index (χ1n) is 6.71. The lowest BCUT2D eigenvalue weighted by Crippen LogP contribution is -2.09. The van der Waals surface area contributed by atoms with Gasteiger partial charge in [0.1, 0.15) is 0 Å². The lowest BCUT2D eigenvalue weighted by Gasteiger charge is -2.26. The second-order valence-corrected chi connectivity index (χ2v) is 6.82. The van der Waals surface area contributed by atoms with Crippen LogP contribution < -0.4 is 4.90 Å². The van der Waals surface area contributed by atoms with Gasteiger partial charge in [-0.2, -0.15) is 0 Å². The zero-order valence-electron chi connectivity index (χ0n) is 11.5. The van der Waals surface area contributed by atoms with Gasteiger partial charge < -0.3 is 4.90 Å². The molecule has 110 valence electrons. The average molecular weight is 438 g/mol. The summed E-state index contributed by atoms with van der Waals surface area (Å²) >= 11 is 13.3. The molecule has 0 radical (unpaired) electrons. The van der Waals surface area contributed by atoms with Gasteiger partial charge in [0.15, 0.2) is 0 Å². The van der Waals surface area contributed by atoms with Crippen LogP contribution >= 0.6 is 43.5 Å². The molecule has 0 heterocycles. The quantitative estimate of drug-likeness (QED) is 0.388. The summed E-state index contributed by atoms with van der Waals surface area (Å²) in [6.07, 6.45) is 0. The molecule has 0 atom stereocenters. The van der Waals surface area contributed by atoms with E-state index in [-0.39, 0.29) is 0 Å². The highest BCUT2D eigenvalue weighted by Crippen LogP contribution is 2.40. The van der Waals surface area contributed by atoms with E-state index in [1.807, 2.05) is 48.5 Å². The number of anilines is 3. The number of para-hydroxylation sites is 2. The smallest absolute Gasteiger partial charge is 0.0691 e. The molecule has 0 fully saturated rings. The number of benzene rings is 3. The van der Waals surface area contributed by atoms with E-state index in [2.05, 4.69) is 61.0 Å². The van der Waals surface area contributed by atoms with Crippen LogP contribution in [0.2, 0.25) is 5.02 Å². The third-order valence-electron chi connectivity index (χ3n) is 3.26.